The van der Waals surface area contributed by atoms with Crippen LogP contribution in [0.3, 0.4) is 0 Å². The van der Waals surface area contributed by atoms with Gasteiger partial charge in [0.25, 0.3) is 0 Å². The molecule has 0 heterocycles. The molecule has 0 aromatic heterocycles. The average molecular weight is 1380 g/mol. The maximum Gasteiger partial charge on any atom is 0.472 e. The molecule has 0 aliphatic carbocycles. The molecule has 5 atom stereocenters. The second-order valence-electron chi connectivity index (χ2n) is 27.5. The summed E-state index contributed by atoms with van der Waals surface area (Å²) in [6, 6.07) is 0. The Morgan fingerprint density at radius 1 is 0.287 bits per heavy atom. The number of rotatable bonds is 75. The molecule has 2 unspecified atom stereocenters. The monoisotopic (exact) mass is 1380 g/mol. The summed E-state index contributed by atoms with van der Waals surface area (Å²) in [6.45, 7) is 7.28. The number of unbranched alkanes of at least 4 members (excludes halogenated alkanes) is 47. The van der Waals surface area contributed by atoms with E-state index in [0.29, 0.717) is 25.7 Å². The molecule has 17 nitrogen and oxygen atoms in total. The molecule has 0 saturated heterocycles. The van der Waals surface area contributed by atoms with Gasteiger partial charge in [-0.2, -0.15) is 0 Å². The van der Waals surface area contributed by atoms with Crippen molar-refractivity contribution in [3.8, 4) is 0 Å². The van der Waals surface area contributed by atoms with E-state index in [2.05, 4.69) is 34.6 Å². The van der Waals surface area contributed by atoms with Gasteiger partial charge in [0.15, 0.2) is 12.2 Å². The SMILES string of the molecule is CCCCCCCCCCCCCCCCCCCCC(=O)OC[C@H](COP(=O)(O)OC[C@@H](O)COP(=O)(O)OC[C@@H](COC(=O)CCCCCCCCCC)OC(=O)CCCCCCCCCCCC)OC(=O)CCCCCCCCCCCCCCCCCC(C)C. The van der Waals surface area contributed by atoms with Gasteiger partial charge >= 0.3 is 39.5 Å². The van der Waals surface area contributed by atoms with Crippen molar-refractivity contribution in [1.29, 1.82) is 0 Å². The van der Waals surface area contributed by atoms with Crippen LogP contribution in [0.4, 0.5) is 0 Å². The standard InChI is InChI=1S/C75H146O17P2/c1-6-9-12-15-18-21-23-24-25-26-27-30-33-36-40-44-49-54-59-73(78)86-65-71(92-75(80)61-56-51-46-41-37-34-31-28-29-32-35-38-42-47-52-57-68(4)5)67-90-94(83,84)88-63-69(76)62-87-93(81,82)89-66-70(64-85-72(77)58-53-48-43-20-17-14-11-8-3)91-74(79)60-55-50-45-39-22-19-16-13-10-7-2/h68-71,76H,6-67H2,1-5H3,(H,81,82)(H,83,84)/t69-,70+,71+/m0/s1. The van der Waals surface area contributed by atoms with Crippen molar-refractivity contribution < 1.29 is 80.2 Å². The van der Waals surface area contributed by atoms with Crippen molar-refractivity contribution in [3.63, 3.8) is 0 Å². The predicted octanol–water partition coefficient (Wildman–Crippen LogP) is 22.1. The highest BCUT2D eigenvalue weighted by molar-refractivity contribution is 7.47. The van der Waals surface area contributed by atoms with E-state index in [1.165, 1.54) is 212 Å². The first-order chi connectivity index (χ1) is 45.5. The van der Waals surface area contributed by atoms with Crippen LogP contribution in [0.1, 0.15) is 394 Å². The molecule has 0 aromatic rings. The summed E-state index contributed by atoms with van der Waals surface area (Å²) in [4.78, 5) is 72.6. The number of esters is 4. The highest BCUT2D eigenvalue weighted by atomic mass is 31.2. The number of aliphatic hydroxyl groups excluding tert-OH is 1. The van der Waals surface area contributed by atoms with Gasteiger partial charge in [-0.25, -0.2) is 9.13 Å². The first-order valence-corrected chi connectivity index (χ1v) is 42.1. The highest BCUT2D eigenvalue weighted by Gasteiger charge is 2.30. The fraction of sp³-hybridized carbons (Fsp3) is 0.947. The van der Waals surface area contributed by atoms with Gasteiger partial charge in [-0.15, -0.1) is 0 Å². The van der Waals surface area contributed by atoms with E-state index in [9.17, 15) is 43.2 Å². The van der Waals surface area contributed by atoms with Crippen LogP contribution < -0.4 is 0 Å². The van der Waals surface area contributed by atoms with Crippen molar-refractivity contribution in [2.24, 2.45) is 5.92 Å². The van der Waals surface area contributed by atoms with Gasteiger partial charge in [-0.05, 0) is 31.6 Å². The molecule has 0 aliphatic heterocycles. The Morgan fingerprint density at radius 3 is 0.723 bits per heavy atom. The van der Waals surface area contributed by atoms with E-state index >= 15 is 0 Å². The van der Waals surface area contributed by atoms with Gasteiger partial charge in [-0.1, -0.05) is 343 Å². The van der Waals surface area contributed by atoms with Crippen LogP contribution in [0, 0.1) is 5.92 Å². The topological polar surface area (TPSA) is 237 Å². The molecule has 94 heavy (non-hydrogen) atoms. The molecule has 0 amide bonds. The number of ether oxygens (including phenoxy) is 4. The first-order valence-electron chi connectivity index (χ1n) is 39.1. The van der Waals surface area contributed by atoms with Gasteiger partial charge < -0.3 is 33.8 Å². The van der Waals surface area contributed by atoms with Gasteiger partial charge in [0.2, 0.25) is 0 Å². The third-order valence-corrected chi connectivity index (χ3v) is 19.4. The maximum atomic E-state index is 13.1. The molecule has 0 aromatic carbocycles. The van der Waals surface area contributed by atoms with Crippen LogP contribution >= 0.6 is 15.6 Å². The van der Waals surface area contributed by atoms with E-state index in [1.54, 1.807) is 0 Å². The fourth-order valence-electron chi connectivity index (χ4n) is 11.5. The third-order valence-electron chi connectivity index (χ3n) is 17.5. The van der Waals surface area contributed by atoms with Gasteiger partial charge in [0.05, 0.1) is 26.4 Å². The Bertz CT molecular complexity index is 1810. The summed E-state index contributed by atoms with van der Waals surface area (Å²) < 4.78 is 68.4. The zero-order chi connectivity index (χ0) is 69.1. The molecule has 0 fully saturated rings. The second kappa shape index (κ2) is 68.2. The largest absolute Gasteiger partial charge is 0.472 e. The number of hydrogen-bond donors (Lipinski definition) is 3. The number of carbonyl (C=O) groups is 4. The highest BCUT2D eigenvalue weighted by Crippen LogP contribution is 2.45. The number of phosphoric ester groups is 2. The first kappa shape index (κ1) is 92.1. The normalized spacial score (nSPS) is 14.0. The number of aliphatic hydroxyl groups is 1. The van der Waals surface area contributed by atoms with Crippen LogP contribution in [-0.2, 0) is 65.4 Å². The number of hydrogen-bond acceptors (Lipinski definition) is 15. The van der Waals surface area contributed by atoms with E-state index in [-0.39, 0.29) is 25.7 Å². The lowest BCUT2D eigenvalue weighted by Crippen LogP contribution is -2.30. The minimum atomic E-state index is -4.96. The van der Waals surface area contributed by atoms with E-state index in [0.717, 1.165) is 102 Å². The molecule has 0 bridgehead atoms. The lowest BCUT2D eigenvalue weighted by molar-refractivity contribution is -0.161. The molecule has 0 rings (SSSR count). The minimum Gasteiger partial charge on any atom is -0.462 e. The van der Waals surface area contributed by atoms with E-state index in [4.69, 9.17) is 37.0 Å². The van der Waals surface area contributed by atoms with Crippen LogP contribution in [-0.4, -0.2) is 96.7 Å². The summed E-state index contributed by atoms with van der Waals surface area (Å²) >= 11 is 0. The molecule has 0 saturated carbocycles. The van der Waals surface area contributed by atoms with Gasteiger partial charge in [-0.3, -0.25) is 37.3 Å². The molecular weight excluding hydrogens is 1230 g/mol. The second-order valence-corrected chi connectivity index (χ2v) is 30.4. The van der Waals surface area contributed by atoms with Crippen molar-refractivity contribution in [1.82, 2.24) is 0 Å². The van der Waals surface area contributed by atoms with Gasteiger partial charge in [0.1, 0.15) is 19.3 Å². The lowest BCUT2D eigenvalue weighted by atomic mass is 10.0. The van der Waals surface area contributed by atoms with Crippen molar-refractivity contribution in [3.05, 3.63) is 0 Å². The molecule has 19 heteroatoms. The average Bonchev–Trinajstić information content (AvgIpc) is 1.22. The summed E-state index contributed by atoms with van der Waals surface area (Å²) in [5, 5.41) is 10.6. The predicted molar refractivity (Wildman–Crippen MR) is 382 cm³/mol. The molecular formula is C75H146O17P2. The fourth-order valence-corrected chi connectivity index (χ4v) is 13.1. The Morgan fingerprint density at radius 2 is 0.489 bits per heavy atom. The van der Waals surface area contributed by atoms with Crippen molar-refractivity contribution in [2.45, 2.75) is 412 Å². The van der Waals surface area contributed by atoms with Crippen molar-refractivity contribution in [2.75, 3.05) is 39.6 Å². The van der Waals surface area contributed by atoms with Crippen LogP contribution in [0.25, 0.3) is 0 Å². The maximum absolute atomic E-state index is 13.1. The summed E-state index contributed by atoms with van der Waals surface area (Å²) in [7, 11) is -9.90. The summed E-state index contributed by atoms with van der Waals surface area (Å²) in [6.07, 6.45) is 57.0. The van der Waals surface area contributed by atoms with Crippen molar-refractivity contribution >= 4 is 39.5 Å². The van der Waals surface area contributed by atoms with Crippen LogP contribution in [0.5, 0.6) is 0 Å². The zero-order valence-corrected chi connectivity index (χ0v) is 62.9. The zero-order valence-electron chi connectivity index (χ0n) is 61.1. The minimum absolute atomic E-state index is 0.107. The van der Waals surface area contributed by atoms with Crippen LogP contribution in [0.2, 0.25) is 0 Å². The molecule has 558 valence electrons. The molecule has 0 aliphatic rings. The molecule has 0 radical (unpaired) electrons. The third kappa shape index (κ3) is 68.6. The Labute approximate surface area is 575 Å². The van der Waals surface area contributed by atoms with Crippen LogP contribution in [0.15, 0.2) is 0 Å². The van der Waals surface area contributed by atoms with E-state index in [1.807, 2.05) is 0 Å². The molecule has 0 spiro atoms. The summed E-state index contributed by atoms with van der Waals surface area (Å²) in [5.74, 6) is -1.32. The smallest absolute Gasteiger partial charge is 0.462 e. The lowest BCUT2D eigenvalue weighted by Gasteiger charge is -2.21. The number of carbonyl (C=O) groups excluding carboxylic acids is 4. The number of phosphoric acid groups is 2. The molecule has 3 N–H and O–H groups in total. The Balaban J connectivity index is 5.18. The summed E-state index contributed by atoms with van der Waals surface area (Å²) in [5.41, 5.74) is 0. The quantitative estimate of drug-likeness (QED) is 0.0222. The van der Waals surface area contributed by atoms with Gasteiger partial charge in [0, 0.05) is 25.7 Å². The van der Waals surface area contributed by atoms with E-state index < -0.39 is 97.5 Å². The Kier molecular flexibility index (Phi) is 66.8. The Hall–Kier alpha value is -1.94.